The van der Waals surface area contributed by atoms with Gasteiger partial charge in [-0.1, -0.05) is 12.1 Å². The smallest absolute Gasteiger partial charge is 0.134 e. The first kappa shape index (κ1) is 7.79. The van der Waals surface area contributed by atoms with Crippen LogP contribution < -0.4 is 5.73 Å². The minimum absolute atomic E-state index is 0.176. The molecule has 2 heteroatoms. The molecule has 0 aliphatic carbocycles. The SMILES string of the molecule is CC(=O)Cc1ccc(N)cc1. The first-order chi connectivity index (χ1) is 5.18. The zero-order chi connectivity index (χ0) is 8.27. The Hall–Kier alpha value is -1.31. The first-order valence-electron chi connectivity index (χ1n) is 3.52. The quantitative estimate of drug-likeness (QED) is 0.646. The molecule has 0 aromatic heterocycles. The number of carbonyl (C=O) groups is 1. The molecule has 0 bridgehead atoms. The van der Waals surface area contributed by atoms with E-state index in [-0.39, 0.29) is 5.78 Å². The van der Waals surface area contributed by atoms with Gasteiger partial charge in [0.1, 0.15) is 5.78 Å². The van der Waals surface area contributed by atoms with E-state index in [2.05, 4.69) is 0 Å². The molecule has 0 unspecified atom stereocenters. The maximum atomic E-state index is 10.7. The van der Waals surface area contributed by atoms with Crippen molar-refractivity contribution in [3.8, 4) is 0 Å². The van der Waals surface area contributed by atoms with Gasteiger partial charge >= 0.3 is 0 Å². The van der Waals surface area contributed by atoms with Crippen LogP contribution in [-0.2, 0) is 11.2 Å². The molecular weight excluding hydrogens is 138 g/mol. The van der Waals surface area contributed by atoms with Crippen LogP contribution >= 0.6 is 0 Å². The van der Waals surface area contributed by atoms with Crippen LogP contribution in [0.15, 0.2) is 24.3 Å². The summed E-state index contributed by atoms with van der Waals surface area (Å²) in [5, 5.41) is 0. The van der Waals surface area contributed by atoms with Gasteiger partial charge in [-0.25, -0.2) is 0 Å². The summed E-state index contributed by atoms with van der Waals surface area (Å²) in [7, 11) is 0. The highest BCUT2D eigenvalue weighted by molar-refractivity contribution is 5.78. The lowest BCUT2D eigenvalue weighted by molar-refractivity contribution is -0.116. The lowest BCUT2D eigenvalue weighted by Gasteiger charge is -1.96. The van der Waals surface area contributed by atoms with Gasteiger partial charge in [0.05, 0.1) is 0 Å². The van der Waals surface area contributed by atoms with Crippen molar-refractivity contribution in [2.75, 3.05) is 5.73 Å². The molecule has 58 valence electrons. The van der Waals surface area contributed by atoms with Crippen molar-refractivity contribution in [3.63, 3.8) is 0 Å². The molecule has 11 heavy (non-hydrogen) atoms. The Morgan fingerprint density at radius 2 is 1.91 bits per heavy atom. The zero-order valence-electron chi connectivity index (χ0n) is 6.50. The second-order valence-electron chi connectivity index (χ2n) is 2.62. The topological polar surface area (TPSA) is 43.1 Å². The molecule has 0 saturated carbocycles. The average molecular weight is 149 g/mol. The van der Waals surface area contributed by atoms with Crippen LogP contribution in [0.1, 0.15) is 12.5 Å². The van der Waals surface area contributed by atoms with Crippen molar-refractivity contribution in [1.29, 1.82) is 0 Å². The second kappa shape index (κ2) is 3.19. The standard InChI is InChI=1S/C9H11NO/c1-7(11)6-8-2-4-9(10)5-3-8/h2-5H,6,10H2,1H3. The number of nitrogen functional groups attached to an aromatic ring is 1. The van der Waals surface area contributed by atoms with Gasteiger partial charge in [0, 0.05) is 12.1 Å². The Labute approximate surface area is 66.0 Å². The summed E-state index contributed by atoms with van der Waals surface area (Å²) in [6, 6.07) is 7.35. The van der Waals surface area contributed by atoms with Crippen molar-refractivity contribution in [2.24, 2.45) is 0 Å². The zero-order valence-corrected chi connectivity index (χ0v) is 6.50. The third-order valence-corrected chi connectivity index (χ3v) is 1.43. The molecule has 1 aromatic rings. The van der Waals surface area contributed by atoms with E-state index in [0.29, 0.717) is 6.42 Å². The number of anilines is 1. The molecule has 0 atom stereocenters. The number of benzene rings is 1. The molecule has 0 saturated heterocycles. The predicted molar refractivity (Wildman–Crippen MR) is 45.2 cm³/mol. The molecule has 2 N–H and O–H groups in total. The highest BCUT2D eigenvalue weighted by Crippen LogP contribution is 2.05. The van der Waals surface area contributed by atoms with Crippen molar-refractivity contribution in [2.45, 2.75) is 13.3 Å². The summed E-state index contributed by atoms with van der Waals surface area (Å²) >= 11 is 0. The Morgan fingerprint density at radius 3 is 2.36 bits per heavy atom. The molecule has 0 radical (unpaired) electrons. The summed E-state index contributed by atoms with van der Waals surface area (Å²) < 4.78 is 0. The molecule has 0 amide bonds. The Balaban J connectivity index is 2.74. The molecule has 0 spiro atoms. The van der Waals surface area contributed by atoms with Gasteiger partial charge in [-0.2, -0.15) is 0 Å². The van der Waals surface area contributed by atoms with Gasteiger partial charge < -0.3 is 5.73 Å². The number of hydrogen-bond acceptors (Lipinski definition) is 2. The van der Waals surface area contributed by atoms with Crippen LogP contribution in [0.5, 0.6) is 0 Å². The van der Waals surface area contributed by atoms with E-state index in [1.807, 2.05) is 12.1 Å². The van der Waals surface area contributed by atoms with E-state index in [9.17, 15) is 4.79 Å². The number of carbonyl (C=O) groups excluding carboxylic acids is 1. The minimum atomic E-state index is 0.176. The normalized spacial score (nSPS) is 9.55. The number of rotatable bonds is 2. The molecule has 0 fully saturated rings. The van der Waals surface area contributed by atoms with E-state index in [1.165, 1.54) is 0 Å². The van der Waals surface area contributed by atoms with Crippen LogP contribution in [0.25, 0.3) is 0 Å². The second-order valence-corrected chi connectivity index (χ2v) is 2.62. The van der Waals surface area contributed by atoms with E-state index >= 15 is 0 Å². The van der Waals surface area contributed by atoms with Crippen molar-refractivity contribution >= 4 is 11.5 Å². The van der Waals surface area contributed by atoms with Gasteiger partial charge in [0.15, 0.2) is 0 Å². The Morgan fingerprint density at radius 1 is 1.36 bits per heavy atom. The first-order valence-corrected chi connectivity index (χ1v) is 3.52. The molecule has 0 aliphatic heterocycles. The minimum Gasteiger partial charge on any atom is -0.399 e. The summed E-state index contributed by atoms with van der Waals surface area (Å²) in [4.78, 5) is 10.7. The lowest BCUT2D eigenvalue weighted by Crippen LogP contribution is -1.96. The predicted octanol–water partition coefficient (Wildman–Crippen LogP) is 1.40. The van der Waals surface area contributed by atoms with Gasteiger partial charge in [-0.05, 0) is 24.6 Å². The summed E-state index contributed by atoms with van der Waals surface area (Å²) in [5.41, 5.74) is 7.23. The van der Waals surface area contributed by atoms with Gasteiger partial charge in [-0.15, -0.1) is 0 Å². The fourth-order valence-electron chi connectivity index (χ4n) is 0.923. The highest BCUT2D eigenvalue weighted by atomic mass is 16.1. The fourth-order valence-corrected chi connectivity index (χ4v) is 0.923. The third kappa shape index (κ3) is 2.42. The van der Waals surface area contributed by atoms with Crippen LogP contribution in [0.2, 0.25) is 0 Å². The highest BCUT2D eigenvalue weighted by Gasteiger charge is 1.95. The maximum Gasteiger partial charge on any atom is 0.134 e. The van der Waals surface area contributed by atoms with Crippen molar-refractivity contribution in [3.05, 3.63) is 29.8 Å². The lowest BCUT2D eigenvalue weighted by atomic mass is 10.1. The van der Waals surface area contributed by atoms with E-state index in [1.54, 1.807) is 19.1 Å². The molecule has 0 aliphatic rings. The molecule has 1 rings (SSSR count). The largest absolute Gasteiger partial charge is 0.399 e. The van der Waals surface area contributed by atoms with Crippen LogP contribution in [0.3, 0.4) is 0 Å². The molecule has 0 heterocycles. The summed E-state index contributed by atoms with van der Waals surface area (Å²) in [6.07, 6.45) is 0.500. The Bertz CT molecular complexity index is 251. The number of nitrogens with two attached hydrogens (primary N) is 1. The van der Waals surface area contributed by atoms with E-state index in [0.717, 1.165) is 11.3 Å². The summed E-state index contributed by atoms with van der Waals surface area (Å²) in [5.74, 6) is 0.176. The number of ketones is 1. The van der Waals surface area contributed by atoms with E-state index in [4.69, 9.17) is 5.73 Å². The van der Waals surface area contributed by atoms with Crippen molar-refractivity contribution < 1.29 is 4.79 Å². The maximum absolute atomic E-state index is 10.7. The summed E-state index contributed by atoms with van der Waals surface area (Å²) in [6.45, 7) is 1.58. The number of hydrogen-bond donors (Lipinski definition) is 1. The molecule has 1 aromatic carbocycles. The third-order valence-electron chi connectivity index (χ3n) is 1.43. The van der Waals surface area contributed by atoms with Gasteiger partial charge in [0.2, 0.25) is 0 Å². The Kier molecular flexibility index (Phi) is 2.26. The monoisotopic (exact) mass is 149 g/mol. The van der Waals surface area contributed by atoms with Crippen LogP contribution in [0.4, 0.5) is 5.69 Å². The van der Waals surface area contributed by atoms with Crippen molar-refractivity contribution in [1.82, 2.24) is 0 Å². The number of Topliss-reactive ketones (excluding diaryl/α,β-unsaturated/α-hetero) is 1. The fraction of sp³-hybridized carbons (Fsp3) is 0.222. The average Bonchev–Trinajstić information content (AvgIpc) is 1.93. The van der Waals surface area contributed by atoms with Crippen LogP contribution in [0, 0.1) is 0 Å². The molecular formula is C9H11NO. The van der Waals surface area contributed by atoms with E-state index < -0.39 is 0 Å². The van der Waals surface area contributed by atoms with Gasteiger partial charge in [-0.3, -0.25) is 4.79 Å². The van der Waals surface area contributed by atoms with Crippen LogP contribution in [-0.4, -0.2) is 5.78 Å². The molecule has 2 nitrogen and oxygen atoms in total. The van der Waals surface area contributed by atoms with Gasteiger partial charge in [0.25, 0.3) is 0 Å².